The number of hydrogen-bond acceptors (Lipinski definition) is 4. The number of rotatable bonds is 7. The fourth-order valence-electron chi connectivity index (χ4n) is 4.24. The van der Waals surface area contributed by atoms with Gasteiger partial charge < -0.3 is 19.1 Å². The van der Waals surface area contributed by atoms with E-state index < -0.39 is 11.9 Å². The smallest absolute Gasteiger partial charge is 0.257 e. The van der Waals surface area contributed by atoms with Gasteiger partial charge in [-0.3, -0.25) is 4.79 Å². The molecule has 0 spiro atoms. The third kappa shape index (κ3) is 4.65. The lowest BCUT2D eigenvalue weighted by atomic mass is 9.91. The number of aryl methyl sites for hydroxylation is 1. The fraction of sp³-hybridized carbons (Fsp3) is 0.296. The van der Waals surface area contributed by atoms with Gasteiger partial charge in [-0.2, -0.15) is 0 Å². The highest BCUT2D eigenvalue weighted by molar-refractivity contribution is 5.95. The lowest BCUT2D eigenvalue weighted by Crippen LogP contribution is -2.43. The van der Waals surface area contributed by atoms with Crippen LogP contribution in [0.3, 0.4) is 0 Å². The molecule has 3 aromatic rings. The summed E-state index contributed by atoms with van der Waals surface area (Å²) in [5.41, 5.74) is 3.24. The van der Waals surface area contributed by atoms with E-state index in [2.05, 4.69) is 6.92 Å². The van der Waals surface area contributed by atoms with Crippen molar-refractivity contribution in [2.45, 2.75) is 25.8 Å². The molecular weight excluding hydrogens is 421 g/mol. The van der Waals surface area contributed by atoms with Crippen LogP contribution in [0.4, 0.5) is 4.39 Å². The second-order valence-electron chi connectivity index (χ2n) is 7.96. The third-order valence-corrected chi connectivity index (χ3v) is 6.11. The van der Waals surface area contributed by atoms with Crippen LogP contribution in [0.25, 0.3) is 0 Å². The highest BCUT2D eigenvalue weighted by Gasteiger charge is 2.34. The Labute approximate surface area is 193 Å². The van der Waals surface area contributed by atoms with E-state index in [1.807, 2.05) is 36.4 Å². The Kier molecular flexibility index (Phi) is 6.82. The summed E-state index contributed by atoms with van der Waals surface area (Å²) in [6.07, 6.45) is 1.57. The molecule has 0 aliphatic carbocycles. The minimum Gasteiger partial charge on any atom is -0.493 e. The molecule has 33 heavy (non-hydrogen) atoms. The average Bonchev–Trinajstić information content (AvgIpc) is 2.86. The number of ether oxygens (including phenoxy) is 3. The van der Waals surface area contributed by atoms with Crippen LogP contribution in [-0.4, -0.2) is 38.2 Å². The first-order valence-electron chi connectivity index (χ1n) is 11.1. The van der Waals surface area contributed by atoms with E-state index in [1.165, 1.54) is 17.7 Å². The highest BCUT2D eigenvalue weighted by atomic mass is 19.1. The molecule has 0 saturated carbocycles. The second-order valence-corrected chi connectivity index (χ2v) is 7.96. The second kappa shape index (κ2) is 9.94. The number of carbonyl (C=O) groups is 1. The summed E-state index contributed by atoms with van der Waals surface area (Å²) in [6.45, 7) is 2.77. The lowest BCUT2D eigenvalue weighted by molar-refractivity contribution is 0.0584. The standard InChI is InChI=1S/C27H28FNO4/c1-4-18-9-11-20(12-10-18)33-17-24-22-16-26(32-3)25(31-2)15-19(22)13-14-29(24)27(30)21-7-5-6-8-23(21)28/h5-12,15-16,24H,4,13-14,17H2,1-3H3/t24-/m1/s1. The zero-order valence-corrected chi connectivity index (χ0v) is 19.1. The molecule has 6 heteroatoms. The molecule has 1 amide bonds. The summed E-state index contributed by atoms with van der Waals surface area (Å²) in [7, 11) is 3.18. The van der Waals surface area contributed by atoms with Gasteiger partial charge in [0.05, 0.1) is 25.8 Å². The number of amides is 1. The third-order valence-electron chi connectivity index (χ3n) is 6.11. The van der Waals surface area contributed by atoms with Crippen molar-refractivity contribution in [3.63, 3.8) is 0 Å². The van der Waals surface area contributed by atoms with E-state index in [9.17, 15) is 9.18 Å². The molecule has 0 unspecified atom stereocenters. The van der Waals surface area contributed by atoms with Gasteiger partial charge in [-0.15, -0.1) is 0 Å². The number of benzene rings is 3. The van der Waals surface area contributed by atoms with E-state index in [0.717, 1.165) is 23.3 Å². The zero-order chi connectivity index (χ0) is 23.4. The predicted molar refractivity (Wildman–Crippen MR) is 125 cm³/mol. The Morgan fingerprint density at radius 2 is 1.73 bits per heavy atom. The van der Waals surface area contributed by atoms with E-state index >= 15 is 0 Å². The molecule has 3 aromatic carbocycles. The van der Waals surface area contributed by atoms with Crippen molar-refractivity contribution in [2.75, 3.05) is 27.4 Å². The van der Waals surface area contributed by atoms with Crippen LogP contribution >= 0.6 is 0 Å². The molecule has 0 aromatic heterocycles. The molecule has 0 fully saturated rings. The number of nitrogens with zero attached hydrogens (tertiary/aromatic N) is 1. The zero-order valence-electron chi connectivity index (χ0n) is 19.1. The van der Waals surface area contributed by atoms with Gasteiger partial charge in [0.1, 0.15) is 18.2 Å². The quantitative estimate of drug-likeness (QED) is 0.496. The molecule has 0 bridgehead atoms. The lowest BCUT2D eigenvalue weighted by Gasteiger charge is -2.37. The van der Waals surface area contributed by atoms with E-state index in [4.69, 9.17) is 14.2 Å². The Morgan fingerprint density at radius 1 is 1.03 bits per heavy atom. The van der Waals surface area contributed by atoms with Crippen molar-refractivity contribution in [1.29, 1.82) is 0 Å². The molecule has 1 aliphatic heterocycles. The number of methoxy groups -OCH3 is 2. The maximum atomic E-state index is 14.4. The van der Waals surface area contributed by atoms with E-state index in [0.29, 0.717) is 24.5 Å². The number of halogens is 1. The minimum atomic E-state index is -0.532. The number of carbonyl (C=O) groups excluding carboxylic acids is 1. The van der Waals surface area contributed by atoms with Gasteiger partial charge in [0.25, 0.3) is 5.91 Å². The van der Waals surface area contributed by atoms with Gasteiger partial charge in [0.2, 0.25) is 0 Å². The van der Waals surface area contributed by atoms with Gasteiger partial charge >= 0.3 is 0 Å². The Balaban J connectivity index is 1.70. The predicted octanol–water partition coefficient (Wildman–Crippen LogP) is 5.22. The number of fused-ring (bicyclic) bond motifs is 1. The molecule has 172 valence electrons. The summed E-state index contributed by atoms with van der Waals surface area (Å²) in [5, 5.41) is 0. The maximum absolute atomic E-state index is 14.4. The van der Waals surface area contributed by atoms with Gasteiger partial charge in [0, 0.05) is 6.54 Å². The van der Waals surface area contributed by atoms with Crippen LogP contribution in [0.1, 0.15) is 40.0 Å². The SMILES string of the molecule is CCc1ccc(OC[C@@H]2c3cc(OC)c(OC)cc3CCN2C(=O)c2ccccc2F)cc1. The van der Waals surface area contributed by atoms with Gasteiger partial charge in [-0.25, -0.2) is 4.39 Å². The monoisotopic (exact) mass is 449 g/mol. The Hall–Kier alpha value is -3.54. The summed E-state index contributed by atoms with van der Waals surface area (Å²) >= 11 is 0. The van der Waals surface area contributed by atoms with Gasteiger partial charge in [-0.05, 0) is 65.9 Å². The van der Waals surface area contributed by atoms with Gasteiger partial charge in [-0.1, -0.05) is 31.2 Å². The molecule has 0 radical (unpaired) electrons. The largest absolute Gasteiger partial charge is 0.493 e. The van der Waals surface area contributed by atoms with Gasteiger partial charge in [0.15, 0.2) is 11.5 Å². The summed E-state index contributed by atoms with van der Waals surface area (Å²) < 4.78 is 31.5. The van der Waals surface area contributed by atoms with E-state index in [-0.39, 0.29) is 18.1 Å². The fourth-order valence-corrected chi connectivity index (χ4v) is 4.24. The topological polar surface area (TPSA) is 48.0 Å². The van der Waals surface area contributed by atoms with Crippen LogP contribution in [0.15, 0.2) is 60.7 Å². The highest BCUT2D eigenvalue weighted by Crippen LogP contribution is 2.39. The van der Waals surface area contributed by atoms with Crippen LogP contribution < -0.4 is 14.2 Å². The Bertz CT molecular complexity index is 1130. The summed E-state index contributed by atoms with van der Waals surface area (Å²) in [4.78, 5) is 15.1. The summed E-state index contributed by atoms with van der Waals surface area (Å²) in [5.74, 6) is 1.05. The Morgan fingerprint density at radius 3 is 2.39 bits per heavy atom. The van der Waals surface area contributed by atoms with Crippen molar-refractivity contribution in [2.24, 2.45) is 0 Å². The maximum Gasteiger partial charge on any atom is 0.257 e. The van der Waals surface area contributed by atoms with Crippen molar-refractivity contribution in [3.8, 4) is 17.2 Å². The van der Waals surface area contributed by atoms with E-state index in [1.54, 1.807) is 31.3 Å². The first-order chi connectivity index (χ1) is 16.0. The summed E-state index contributed by atoms with van der Waals surface area (Å²) in [6, 6.07) is 17.4. The normalized spacial score (nSPS) is 15.0. The molecule has 1 atom stereocenters. The van der Waals surface area contributed by atoms with Crippen molar-refractivity contribution in [1.82, 2.24) is 4.90 Å². The average molecular weight is 450 g/mol. The first-order valence-corrected chi connectivity index (χ1v) is 11.1. The molecule has 1 aliphatic rings. The van der Waals surface area contributed by atoms with Crippen molar-refractivity contribution < 1.29 is 23.4 Å². The molecule has 0 saturated heterocycles. The molecule has 1 heterocycles. The molecule has 4 rings (SSSR count). The molecular formula is C27H28FNO4. The van der Waals surface area contributed by atoms with Crippen LogP contribution in [0, 0.1) is 5.82 Å². The van der Waals surface area contributed by atoms with Crippen LogP contribution in [-0.2, 0) is 12.8 Å². The first kappa shape index (κ1) is 22.6. The van der Waals surface area contributed by atoms with Crippen LogP contribution in [0.2, 0.25) is 0 Å². The number of hydrogen-bond donors (Lipinski definition) is 0. The molecule has 0 N–H and O–H groups in total. The molecule has 5 nitrogen and oxygen atoms in total. The minimum absolute atomic E-state index is 0.0544. The van der Waals surface area contributed by atoms with Crippen molar-refractivity contribution in [3.05, 3.63) is 88.7 Å². The van der Waals surface area contributed by atoms with Crippen LogP contribution in [0.5, 0.6) is 17.2 Å². The van der Waals surface area contributed by atoms with Crippen molar-refractivity contribution >= 4 is 5.91 Å².